The van der Waals surface area contributed by atoms with Gasteiger partial charge in [0.1, 0.15) is 0 Å². The van der Waals surface area contributed by atoms with Crippen LogP contribution in [0, 0.1) is 5.92 Å². The van der Waals surface area contributed by atoms with E-state index in [2.05, 4.69) is 38.5 Å². The van der Waals surface area contributed by atoms with Crippen LogP contribution in [0.3, 0.4) is 0 Å². The molecule has 0 saturated heterocycles. The van der Waals surface area contributed by atoms with Crippen LogP contribution in [0.15, 0.2) is 0 Å². The largest absolute Gasteiger partial charge is 0.257 e. The zero-order chi connectivity index (χ0) is 9.40. The molecule has 2 heteroatoms. The summed E-state index contributed by atoms with van der Waals surface area (Å²) in [6.45, 7) is 9.99. The standard InChI is InChI=1S/C10H24N2/c1-5-7-10(4)12-11-8-9(3)6-2/h9-12H,5-8H2,1-4H3. The van der Waals surface area contributed by atoms with Gasteiger partial charge in [-0.3, -0.25) is 10.9 Å². The molecule has 0 aromatic rings. The molecule has 0 aliphatic heterocycles. The van der Waals surface area contributed by atoms with E-state index in [1.54, 1.807) is 0 Å². The van der Waals surface area contributed by atoms with Crippen molar-refractivity contribution in [3.63, 3.8) is 0 Å². The molecule has 0 spiro atoms. The maximum absolute atomic E-state index is 3.30. The number of hydrazine groups is 1. The van der Waals surface area contributed by atoms with E-state index in [9.17, 15) is 0 Å². The SMILES string of the molecule is CCCC(C)NNCC(C)CC. The summed E-state index contributed by atoms with van der Waals surface area (Å²) in [7, 11) is 0. The first-order valence-electron chi connectivity index (χ1n) is 5.19. The van der Waals surface area contributed by atoms with Gasteiger partial charge >= 0.3 is 0 Å². The van der Waals surface area contributed by atoms with Gasteiger partial charge in [0.25, 0.3) is 0 Å². The Hall–Kier alpha value is -0.0800. The second-order valence-corrected chi connectivity index (χ2v) is 3.73. The summed E-state index contributed by atoms with van der Waals surface area (Å²) >= 11 is 0. The Kier molecular flexibility index (Phi) is 7.51. The van der Waals surface area contributed by atoms with Gasteiger partial charge in [0, 0.05) is 12.6 Å². The molecule has 0 radical (unpaired) electrons. The molecule has 74 valence electrons. The van der Waals surface area contributed by atoms with Crippen molar-refractivity contribution in [3.05, 3.63) is 0 Å². The summed E-state index contributed by atoms with van der Waals surface area (Å²) < 4.78 is 0. The second-order valence-electron chi connectivity index (χ2n) is 3.73. The van der Waals surface area contributed by atoms with Crippen LogP contribution in [-0.2, 0) is 0 Å². The molecule has 0 aliphatic rings. The van der Waals surface area contributed by atoms with E-state index in [0.29, 0.717) is 6.04 Å². The van der Waals surface area contributed by atoms with E-state index in [0.717, 1.165) is 12.5 Å². The summed E-state index contributed by atoms with van der Waals surface area (Å²) in [5.41, 5.74) is 6.57. The lowest BCUT2D eigenvalue weighted by molar-refractivity contribution is 0.386. The Balaban J connectivity index is 3.18. The van der Waals surface area contributed by atoms with Crippen LogP contribution in [0.1, 0.15) is 47.0 Å². The molecule has 0 rings (SSSR count). The van der Waals surface area contributed by atoms with Crippen molar-refractivity contribution >= 4 is 0 Å². The Bertz CT molecular complexity index is 93.8. The van der Waals surface area contributed by atoms with Gasteiger partial charge in [0.15, 0.2) is 0 Å². The van der Waals surface area contributed by atoms with E-state index in [1.807, 2.05) is 0 Å². The molecule has 12 heavy (non-hydrogen) atoms. The van der Waals surface area contributed by atoms with Crippen LogP contribution in [0.5, 0.6) is 0 Å². The first kappa shape index (κ1) is 11.9. The van der Waals surface area contributed by atoms with Gasteiger partial charge in [-0.1, -0.05) is 33.6 Å². The third-order valence-electron chi connectivity index (χ3n) is 2.22. The number of nitrogens with one attached hydrogen (secondary N) is 2. The monoisotopic (exact) mass is 172 g/mol. The lowest BCUT2D eigenvalue weighted by Gasteiger charge is -2.16. The van der Waals surface area contributed by atoms with Crippen molar-refractivity contribution in [3.8, 4) is 0 Å². The molecule has 0 aliphatic carbocycles. The fourth-order valence-corrected chi connectivity index (χ4v) is 1.06. The van der Waals surface area contributed by atoms with Gasteiger partial charge in [-0.15, -0.1) is 0 Å². The Morgan fingerprint density at radius 3 is 2.33 bits per heavy atom. The van der Waals surface area contributed by atoms with E-state index in [4.69, 9.17) is 0 Å². The quantitative estimate of drug-likeness (QED) is 0.576. The van der Waals surface area contributed by atoms with Gasteiger partial charge in [-0.25, -0.2) is 0 Å². The maximum atomic E-state index is 3.30. The zero-order valence-corrected chi connectivity index (χ0v) is 8.98. The summed E-state index contributed by atoms with van der Waals surface area (Å²) in [4.78, 5) is 0. The lowest BCUT2D eigenvalue weighted by atomic mass is 10.1. The molecule has 0 aromatic heterocycles. The molecule has 0 saturated carbocycles. The van der Waals surface area contributed by atoms with Crippen molar-refractivity contribution in [2.75, 3.05) is 6.54 Å². The highest BCUT2D eigenvalue weighted by molar-refractivity contribution is 4.57. The lowest BCUT2D eigenvalue weighted by Crippen LogP contribution is -2.41. The molecule has 0 amide bonds. The predicted octanol–water partition coefficient (Wildman–Crippen LogP) is 2.32. The average Bonchev–Trinajstić information content (AvgIpc) is 2.04. The van der Waals surface area contributed by atoms with E-state index in [1.165, 1.54) is 19.3 Å². The minimum atomic E-state index is 0.596. The predicted molar refractivity (Wildman–Crippen MR) is 55.0 cm³/mol. The summed E-state index contributed by atoms with van der Waals surface area (Å²) in [6.07, 6.45) is 3.74. The van der Waals surface area contributed by atoms with E-state index >= 15 is 0 Å². The molecule has 0 aromatic carbocycles. The fourth-order valence-electron chi connectivity index (χ4n) is 1.06. The Morgan fingerprint density at radius 1 is 1.17 bits per heavy atom. The highest BCUT2D eigenvalue weighted by atomic mass is 15.4. The van der Waals surface area contributed by atoms with Crippen LogP contribution < -0.4 is 10.9 Å². The third-order valence-corrected chi connectivity index (χ3v) is 2.22. The van der Waals surface area contributed by atoms with Crippen LogP contribution in [0.25, 0.3) is 0 Å². The van der Waals surface area contributed by atoms with E-state index < -0.39 is 0 Å². The molecular weight excluding hydrogens is 148 g/mol. The van der Waals surface area contributed by atoms with Crippen molar-refractivity contribution in [1.82, 2.24) is 10.9 Å². The summed E-state index contributed by atoms with van der Waals surface area (Å²) in [5, 5.41) is 0. The molecule has 0 fully saturated rings. The van der Waals surface area contributed by atoms with Crippen molar-refractivity contribution in [2.24, 2.45) is 5.92 Å². The molecule has 0 heterocycles. The number of hydrogen-bond acceptors (Lipinski definition) is 2. The number of rotatable bonds is 7. The van der Waals surface area contributed by atoms with Gasteiger partial charge in [0.05, 0.1) is 0 Å². The van der Waals surface area contributed by atoms with Crippen LogP contribution in [0.4, 0.5) is 0 Å². The Labute approximate surface area is 77.1 Å². The highest BCUT2D eigenvalue weighted by Crippen LogP contribution is 1.97. The molecule has 0 bridgehead atoms. The minimum Gasteiger partial charge on any atom is -0.257 e. The Morgan fingerprint density at radius 2 is 1.83 bits per heavy atom. The first-order chi connectivity index (χ1) is 5.70. The molecule has 2 atom stereocenters. The topological polar surface area (TPSA) is 24.1 Å². The summed E-state index contributed by atoms with van der Waals surface area (Å²) in [5.74, 6) is 0.770. The number of hydrogen-bond donors (Lipinski definition) is 2. The fraction of sp³-hybridized carbons (Fsp3) is 1.00. The molecular formula is C10H24N2. The maximum Gasteiger partial charge on any atom is 0.0184 e. The second kappa shape index (κ2) is 7.56. The van der Waals surface area contributed by atoms with Crippen molar-refractivity contribution < 1.29 is 0 Å². The van der Waals surface area contributed by atoms with Gasteiger partial charge in [-0.2, -0.15) is 0 Å². The minimum absolute atomic E-state index is 0.596. The van der Waals surface area contributed by atoms with Crippen LogP contribution in [-0.4, -0.2) is 12.6 Å². The van der Waals surface area contributed by atoms with Crippen molar-refractivity contribution in [2.45, 2.75) is 53.0 Å². The molecule has 2 N–H and O–H groups in total. The first-order valence-corrected chi connectivity index (χ1v) is 5.19. The van der Waals surface area contributed by atoms with Gasteiger partial charge in [-0.05, 0) is 19.3 Å². The van der Waals surface area contributed by atoms with Crippen molar-refractivity contribution in [1.29, 1.82) is 0 Å². The normalized spacial score (nSPS) is 16.0. The smallest absolute Gasteiger partial charge is 0.0184 e. The summed E-state index contributed by atoms with van der Waals surface area (Å²) in [6, 6.07) is 0.596. The zero-order valence-electron chi connectivity index (χ0n) is 8.98. The highest BCUT2D eigenvalue weighted by Gasteiger charge is 2.00. The van der Waals surface area contributed by atoms with Crippen LogP contribution in [0.2, 0.25) is 0 Å². The van der Waals surface area contributed by atoms with E-state index in [-0.39, 0.29) is 0 Å². The third kappa shape index (κ3) is 6.62. The molecule has 2 nitrogen and oxygen atoms in total. The average molecular weight is 172 g/mol. The molecule has 2 unspecified atom stereocenters. The van der Waals surface area contributed by atoms with Crippen LogP contribution >= 0.6 is 0 Å². The van der Waals surface area contributed by atoms with Gasteiger partial charge < -0.3 is 0 Å². The van der Waals surface area contributed by atoms with Gasteiger partial charge in [0.2, 0.25) is 0 Å².